The lowest BCUT2D eigenvalue weighted by Gasteiger charge is -2.07. The molecule has 6 nitrogen and oxygen atoms in total. The Labute approximate surface area is 133 Å². The molecule has 0 saturated heterocycles. The number of nitrogens with zero attached hydrogens (tertiary/aromatic N) is 1. The number of aromatic nitrogens is 2. The molecule has 3 rings (SSSR count). The molecule has 1 aromatic heterocycles. The third-order valence-corrected chi connectivity index (χ3v) is 3.33. The normalized spacial score (nSPS) is 10.3. The van der Waals surface area contributed by atoms with E-state index in [0.717, 1.165) is 16.9 Å². The Bertz CT molecular complexity index is 799. The van der Waals surface area contributed by atoms with E-state index in [0.29, 0.717) is 18.0 Å². The number of amides is 1. The Morgan fingerprint density at radius 3 is 2.74 bits per heavy atom. The smallest absolute Gasteiger partial charge is 0.283 e. The maximum atomic E-state index is 11.5. The fraction of sp³-hybridized carbons (Fsp3) is 0.0588. The van der Waals surface area contributed by atoms with Crippen LogP contribution >= 0.6 is 0 Å². The summed E-state index contributed by atoms with van der Waals surface area (Å²) in [6.07, 6.45) is 0. The number of hydrogen-bond donors (Lipinski definition) is 3. The maximum Gasteiger partial charge on any atom is 0.283 e. The summed E-state index contributed by atoms with van der Waals surface area (Å²) in [4.78, 5) is 11.5. The van der Waals surface area contributed by atoms with Crippen molar-refractivity contribution in [3.63, 3.8) is 0 Å². The average Bonchev–Trinajstić information content (AvgIpc) is 3.11. The van der Waals surface area contributed by atoms with Crippen LogP contribution < -0.4 is 16.0 Å². The van der Waals surface area contributed by atoms with Crippen LogP contribution in [-0.2, 0) is 6.61 Å². The summed E-state index contributed by atoms with van der Waals surface area (Å²) in [5.41, 5.74) is 4.96. The molecular weight excluding hydrogens is 292 g/mol. The topological polar surface area (TPSA) is 93.0 Å². The number of H-pyrrole nitrogens is 1. The summed E-state index contributed by atoms with van der Waals surface area (Å²) < 4.78 is 5.79. The van der Waals surface area contributed by atoms with E-state index in [1.165, 1.54) is 0 Å². The Hall–Kier alpha value is -3.12. The van der Waals surface area contributed by atoms with Crippen molar-refractivity contribution in [2.75, 3.05) is 0 Å². The molecule has 0 aliphatic carbocycles. The summed E-state index contributed by atoms with van der Waals surface area (Å²) in [5.74, 6) is 5.42. The van der Waals surface area contributed by atoms with Gasteiger partial charge in [-0.3, -0.25) is 15.3 Å². The lowest BCUT2D eigenvalue weighted by molar-refractivity contribution is 0.0948. The SMILES string of the molecule is NNC(=O)c1cc(-c2cccc(OCc3ccccc3)c2)n[nH]1. The minimum atomic E-state index is -0.416. The summed E-state index contributed by atoms with van der Waals surface area (Å²) in [5, 5.41) is 6.77. The van der Waals surface area contributed by atoms with Gasteiger partial charge in [0.2, 0.25) is 0 Å². The van der Waals surface area contributed by atoms with Gasteiger partial charge in [0.15, 0.2) is 0 Å². The van der Waals surface area contributed by atoms with Gasteiger partial charge in [-0.2, -0.15) is 5.10 Å². The largest absolute Gasteiger partial charge is 0.489 e. The predicted molar refractivity (Wildman–Crippen MR) is 86.5 cm³/mol. The fourth-order valence-electron chi connectivity index (χ4n) is 2.15. The van der Waals surface area contributed by atoms with E-state index in [2.05, 4.69) is 15.6 Å². The Morgan fingerprint density at radius 2 is 1.96 bits per heavy atom. The van der Waals surface area contributed by atoms with Crippen LogP contribution in [0.3, 0.4) is 0 Å². The van der Waals surface area contributed by atoms with Gasteiger partial charge >= 0.3 is 0 Å². The standard InChI is InChI=1S/C17H16N4O2/c18-19-17(22)16-10-15(20-21-16)13-7-4-8-14(9-13)23-11-12-5-2-1-3-6-12/h1-10H,11,18H2,(H,19,22)(H,20,21). The van der Waals surface area contributed by atoms with Crippen molar-refractivity contribution >= 4 is 5.91 Å². The van der Waals surface area contributed by atoms with Crippen LogP contribution in [0, 0.1) is 0 Å². The molecular formula is C17H16N4O2. The molecule has 0 aliphatic heterocycles. The zero-order valence-corrected chi connectivity index (χ0v) is 12.3. The van der Waals surface area contributed by atoms with Crippen LogP contribution in [0.5, 0.6) is 5.75 Å². The van der Waals surface area contributed by atoms with Crippen LogP contribution in [0.15, 0.2) is 60.7 Å². The predicted octanol–water partition coefficient (Wildman–Crippen LogP) is 2.26. The molecule has 1 amide bonds. The van der Waals surface area contributed by atoms with Gasteiger partial charge in [-0.05, 0) is 23.8 Å². The number of aromatic amines is 1. The van der Waals surface area contributed by atoms with E-state index in [9.17, 15) is 4.79 Å². The van der Waals surface area contributed by atoms with E-state index in [-0.39, 0.29) is 0 Å². The molecule has 0 bridgehead atoms. The van der Waals surface area contributed by atoms with Crippen molar-refractivity contribution in [1.82, 2.24) is 15.6 Å². The second-order valence-corrected chi connectivity index (χ2v) is 4.94. The lowest BCUT2D eigenvalue weighted by Crippen LogP contribution is -2.30. The van der Waals surface area contributed by atoms with Gasteiger partial charge in [0.25, 0.3) is 5.91 Å². The zero-order chi connectivity index (χ0) is 16.1. The average molecular weight is 308 g/mol. The number of benzene rings is 2. The summed E-state index contributed by atoms with van der Waals surface area (Å²) in [7, 11) is 0. The van der Waals surface area contributed by atoms with Gasteiger partial charge in [0, 0.05) is 5.56 Å². The molecule has 6 heteroatoms. The molecule has 1 heterocycles. The van der Waals surface area contributed by atoms with E-state index in [1.807, 2.05) is 54.6 Å². The van der Waals surface area contributed by atoms with Crippen molar-refractivity contribution in [3.8, 4) is 17.0 Å². The van der Waals surface area contributed by atoms with Gasteiger partial charge in [0.05, 0.1) is 5.69 Å². The van der Waals surface area contributed by atoms with Crippen molar-refractivity contribution in [2.45, 2.75) is 6.61 Å². The number of nitrogen functional groups attached to an aromatic ring is 1. The molecule has 0 fully saturated rings. The number of rotatable bonds is 5. The first-order chi connectivity index (χ1) is 11.3. The van der Waals surface area contributed by atoms with Crippen molar-refractivity contribution in [2.24, 2.45) is 5.84 Å². The highest BCUT2D eigenvalue weighted by Crippen LogP contribution is 2.23. The number of nitrogens with one attached hydrogen (secondary N) is 2. The number of ether oxygens (including phenoxy) is 1. The molecule has 0 spiro atoms. The summed E-state index contributed by atoms with van der Waals surface area (Å²) in [6.45, 7) is 0.492. The van der Waals surface area contributed by atoms with Crippen molar-refractivity contribution in [1.29, 1.82) is 0 Å². The van der Waals surface area contributed by atoms with Gasteiger partial charge in [0.1, 0.15) is 18.1 Å². The highest BCUT2D eigenvalue weighted by atomic mass is 16.5. The van der Waals surface area contributed by atoms with Gasteiger partial charge in [-0.1, -0.05) is 42.5 Å². The number of nitrogens with two attached hydrogens (primary N) is 1. The second kappa shape index (κ2) is 6.76. The highest BCUT2D eigenvalue weighted by Gasteiger charge is 2.10. The number of carbonyl (C=O) groups excluding carboxylic acids is 1. The van der Waals surface area contributed by atoms with E-state index >= 15 is 0 Å². The molecule has 2 aromatic carbocycles. The zero-order valence-electron chi connectivity index (χ0n) is 12.3. The number of hydrazine groups is 1. The van der Waals surface area contributed by atoms with Gasteiger partial charge in [-0.25, -0.2) is 5.84 Å². The molecule has 4 N–H and O–H groups in total. The molecule has 0 unspecified atom stereocenters. The molecule has 0 radical (unpaired) electrons. The van der Waals surface area contributed by atoms with Crippen LogP contribution in [0.1, 0.15) is 16.1 Å². The minimum Gasteiger partial charge on any atom is -0.489 e. The summed E-state index contributed by atoms with van der Waals surface area (Å²) >= 11 is 0. The molecule has 23 heavy (non-hydrogen) atoms. The first kappa shape index (κ1) is 14.8. The van der Waals surface area contributed by atoms with Crippen LogP contribution in [0.25, 0.3) is 11.3 Å². The molecule has 0 aliphatic rings. The van der Waals surface area contributed by atoms with Crippen molar-refractivity contribution < 1.29 is 9.53 Å². The second-order valence-electron chi connectivity index (χ2n) is 4.94. The first-order valence-corrected chi connectivity index (χ1v) is 7.10. The van der Waals surface area contributed by atoms with E-state index < -0.39 is 5.91 Å². The summed E-state index contributed by atoms with van der Waals surface area (Å²) in [6, 6.07) is 19.1. The Kier molecular flexibility index (Phi) is 4.35. The van der Waals surface area contributed by atoms with Crippen LogP contribution in [0.2, 0.25) is 0 Å². The van der Waals surface area contributed by atoms with Gasteiger partial charge in [-0.15, -0.1) is 0 Å². The molecule has 116 valence electrons. The van der Waals surface area contributed by atoms with Crippen molar-refractivity contribution in [3.05, 3.63) is 71.9 Å². The molecule has 0 atom stereocenters. The van der Waals surface area contributed by atoms with Gasteiger partial charge < -0.3 is 4.74 Å². The molecule has 3 aromatic rings. The third kappa shape index (κ3) is 3.56. The fourth-order valence-corrected chi connectivity index (χ4v) is 2.15. The van der Waals surface area contributed by atoms with E-state index in [4.69, 9.17) is 10.6 Å². The third-order valence-electron chi connectivity index (χ3n) is 3.33. The number of hydrogen-bond acceptors (Lipinski definition) is 4. The van der Waals surface area contributed by atoms with Crippen LogP contribution in [-0.4, -0.2) is 16.1 Å². The Morgan fingerprint density at radius 1 is 1.13 bits per heavy atom. The molecule has 0 saturated carbocycles. The maximum absolute atomic E-state index is 11.5. The minimum absolute atomic E-state index is 0.304. The van der Waals surface area contributed by atoms with E-state index in [1.54, 1.807) is 6.07 Å². The number of carbonyl (C=O) groups is 1. The first-order valence-electron chi connectivity index (χ1n) is 7.10. The lowest BCUT2D eigenvalue weighted by atomic mass is 10.1. The monoisotopic (exact) mass is 308 g/mol. The van der Waals surface area contributed by atoms with Crippen LogP contribution in [0.4, 0.5) is 0 Å². The highest BCUT2D eigenvalue weighted by molar-refractivity contribution is 5.92. The Balaban J connectivity index is 1.74. The quantitative estimate of drug-likeness (QED) is 0.383.